The number of aromatic hydroxyl groups is 1. The Labute approximate surface area is 222 Å². The van der Waals surface area contributed by atoms with E-state index < -0.39 is 11.7 Å². The largest absolute Gasteiger partial charge is 0.506 e. The van der Waals surface area contributed by atoms with Crippen molar-refractivity contribution >= 4 is 33.9 Å². The Hall–Kier alpha value is -4.01. The van der Waals surface area contributed by atoms with Gasteiger partial charge in [0, 0.05) is 49.2 Å². The fraction of sp³-hybridized carbons (Fsp3) is 0.414. The molecule has 38 heavy (non-hydrogen) atoms. The first-order valence-corrected chi connectivity index (χ1v) is 13.1. The van der Waals surface area contributed by atoms with Gasteiger partial charge in [0.15, 0.2) is 5.82 Å². The molecule has 0 bridgehead atoms. The van der Waals surface area contributed by atoms with Crippen molar-refractivity contribution in [3.05, 3.63) is 48.0 Å². The summed E-state index contributed by atoms with van der Waals surface area (Å²) in [5, 5.41) is 15.0. The second-order valence-electron chi connectivity index (χ2n) is 10.9. The molecule has 9 heteroatoms. The van der Waals surface area contributed by atoms with Gasteiger partial charge in [-0.3, -0.25) is 4.79 Å². The summed E-state index contributed by atoms with van der Waals surface area (Å²) in [4.78, 5) is 32.3. The average molecular weight is 518 g/mol. The molecule has 9 nitrogen and oxygen atoms in total. The number of phenols is 1. The van der Waals surface area contributed by atoms with Crippen molar-refractivity contribution < 1.29 is 19.4 Å². The maximum absolute atomic E-state index is 13.5. The summed E-state index contributed by atoms with van der Waals surface area (Å²) in [5.74, 6) is 0.525. The summed E-state index contributed by atoms with van der Waals surface area (Å²) in [5.41, 5.74) is 2.98. The highest BCUT2D eigenvalue weighted by molar-refractivity contribution is 6.00. The smallest absolute Gasteiger partial charge is 0.407 e. The number of nitrogens with zero attached hydrogens (tertiary/aromatic N) is 4. The SMILES string of the molecule is CCn1c(-c2nc3cc(C(=O)N4CCCC(NC(=O)OC(C)(C)C)C4)cc(O)c3n2C)cc2ccccc21. The monoisotopic (exact) mass is 517 g/mol. The van der Waals surface area contributed by atoms with Gasteiger partial charge in [-0.15, -0.1) is 0 Å². The summed E-state index contributed by atoms with van der Waals surface area (Å²) >= 11 is 0. The summed E-state index contributed by atoms with van der Waals surface area (Å²) in [7, 11) is 1.88. The molecule has 2 aromatic heterocycles. The zero-order chi connectivity index (χ0) is 27.2. The van der Waals surface area contributed by atoms with Crippen LogP contribution in [0.5, 0.6) is 5.75 Å². The molecule has 0 aliphatic carbocycles. The van der Waals surface area contributed by atoms with Crippen LogP contribution in [0.2, 0.25) is 0 Å². The number of imidazole rings is 1. The molecule has 2 N–H and O–H groups in total. The first kappa shape index (κ1) is 25.6. The van der Waals surface area contributed by atoms with Crippen molar-refractivity contribution in [3.8, 4) is 17.3 Å². The van der Waals surface area contributed by atoms with E-state index in [0.717, 1.165) is 41.8 Å². The quantitative estimate of drug-likeness (QED) is 0.395. The van der Waals surface area contributed by atoms with E-state index in [1.807, 2.05) is 44.5 Å². The van der Waals surface area contributed by atoms with E-state index in [1.54, 1.807) is 11.0 Å². The summed E-state index contributed by atoms with van der Waals surface area (Å²) in [6, 6.07) is 13.4. The number of hydrogen-bond acceptors (Lipinski definition) is 5. The molecular weight excluding hydrogens is 482 g/mol. The van der Waals surface area contributed by atoms with Gasteiger partial charge in [0.2, 0.25) is 0 Å². The number of alkyl carbamates (subject to hydrolysis) is 1. The van der Waals surface area contributed by atoms with Gasteiger partial charge in [0.1, 0.15) is 16.9 Å². The minimum absolute atomic E-state index is 0.00620. The van der Waals surface area contributed by atoms with Gasteiger partial charge < -0.3 is 29.2 Å². The number of likely N-dealkylation sites (tertiary alicyclic amines) is 1. The molecule has 1 aliphatic heterocycles. The Kier molecular flexibility index (Phi) is 6.54. The number of ether oxygens (including phenoxy) is 1. The molecule has 0 spiro atoms. The van der Waals surface area contributed by atoms with E-state index in [-0.39, 0.29) is 17.7 Å². The number of benzene rings is 2. The molecule has 0 radical (unpaired) electrons. The first-order valence-electron chi connectivity index (χ1n) is 13.1. The van der Waals surface area contributed by atoms with Gasteiger partial charge in [-0.2, -0.15) is 0 Å². The third-order valence-electron chi connectivity index (χ3n) is 6.98. The highest BCUT2D eigenvalue weighted by Crippen LogP contribution is 2.34. The van der Waals surface area contributed by atoms with E-state index in [0.29, 0.717) is 29.7 Å². The molecule has 1 saturated heterocycles. The van der Waals surface area contributed by atoms with Crippen LogP contribution in [0.25, 0.3) is 33.5 Å². The van der Waals surface area contributed by atoms with Crippen molar-refractivity contribution in [3.63, 3.8) is 0 Å². The van der Waals surface area contributed by atoms with Crippen molar-refractivity contribution in [1.29, 1.82) is 0 Å². The van der Waals surface area contributed by atoms with Crippen LogP contribution < -0.4 is 5.32 Å². The van der Waals surface area contributed by atoms with Crippen LogP contribution in [0.15, 0.2) is 42.5 Å². The van der Waals surface area contributed by atoms with Crippen LogP contribution in [-0.2, 0) is 18.3 Å². The molecule has 5 rings (SSSR count). The topological polar surface area (TPSA) is 102 Å². The van der Waals surface area contributed by atoms with E-state index >= 15 is 0 Å². The lowest BCUT2D eigenvalue weighted by Crippen LogP contribution is -2.50. The predicted molar refractivity (Wildman–Crippen MR) is 147 cm³/mol. The standard InChI is InChI=1S/C29H35N5O4/c1-6-34-22-12-8-7-10-18(22)15-23(34)26-31-21-14-19(16-24(35)25(21)32(26)5)27(36)33-13-9-11-20(17-33)30-28(37)38-29(2,3)4/h7-8,10,12,14-16,20,35H,6,9,11,13,17H2,1-5H3,(H,30,37). The van der Waals surface area contributed by atoms with Crippen molar-refractivity contribution in [2.75, 3.05) is 13.1 Å². The summed E-state index contributed by atoms with van der Waals surface area (Å²) in [6.07, 6.45) is 1.04. The number of para-hydroxylation sites is 1. The fourth-order valence-corrected chi connectivity index (χ4v) is 5.35. The Morgan fingerprint density at radius 3 is 2.68 bits per heavy atom. The molecule has 4 aromatic rings. The van der Waals surface area contributed by atoms with Gasteiger partial charge >= 0.3 is 6.09 Å². The number of carbonyl (C=O) groups excluding carboxylic acids is 2. The van der Waals surface area contributed by atoms with Crippen LogP contribution >= 0.6 is 0 Å². The van der Waals surface area contributed by atoms with Crippen LogP contribution in [-0.4, -0.2) is 60.9 Å². The second-order valence-corrected chi connectivity index (χ2v) is 10.9. The molecule has 200 valence electrons. The molecule has 0 saturated carbocycles. The van der Waals surface area contributed by atoms with Gasteiger partial charge in [-0.25, -0.2) is 9.78 Å². The number of carbonyl (C=O) groups is 2. The van der Waals surface area contributed by atoms with Crippen LogP contribution in [0, 0.1) is 0 Å². The number of aromatic nitrogens is 3. The van der Waals surface area contributed by atoms with E-state index in [2.05, 4.69) is 35.0 Å². The zero-order valence-corrected chi connectivity index (χ0v) is 22.6. The number of nitrogens with one attached hydrogen (secondary N) is 1. The fourth-order valence-electron chi connectivity index (χ4n) is 5.35. The molecular formula is C29H35N5O4. The maximum atomic E-state index is 13.5. The van der Waals surface area contributed by atoms with E-state index in [9.17, 15) is 14.7 Å². The van der Waals surface area contributed by atoms with E-state index in [1.165, 1.54) is 6.07 Å². The third-order valence-corrected chi connectivity index (χ3v) is 6.98. The summed E-state index contributed by atoms with van der Waals surface area (Å²) < 4.78 is 9.45. The highest BCUT2D eigenvalue weighted by atomic mass is 16.6. The third kappa shape index (κ3) is 4.80. The lowest BCUT2D eigenvalue weighted by Gasteiger charge is -2.33. The molecule has 1 atom stereocenters. The molecule has 2 amide bonds. The minimum atomic E-state index is -0.589. The normalized spacial score (nSPS) is 16.2. The Bertz CT molecular complexity index is 1530. The number of hydrogen-bond donors (Lipinski definition) is 2. The number of aryl methyl sites for hydroxylation is 2. The number of rotatable bonds is 4. The van der Waals surface area contributed by atoms with E-state index in [4.69, 9.17) is 9.72 Å². The molecule has 2 aromatic carbocycles. The predicted octanol–water partition coefficient (Wildman–Crippen LogP) is 5.05. The first-order chi connectivity index (χ1) is 18.1. The van der Waals surface area contributed by atoms with Crippen LogP contribution in [0.4, 0.5) is 4.79 Å². The van der Waals surface area contributed by atoms with Crippen LogP contribution in [0.3, 0.4) is 0 Å². The van der Waals surface area contributed by atoms with Crippen molar-refractivity contribution in [2.45, 2.75) is 58.7 Å². The lowest BCUT2D eigenvalue weighted by atomic mass is 10.0. The second kappa shape index (κ2) is 9.70. The Morgan fingerprint density at radius 1 is 1.18 bits per heavy atom. The maximum Gasteiger partial charge on any atom is 0.407 e. The number of amides is 2. The average Bonchev–Trinajstić information content (AvgIpc) is 3.39. The lowest BCUT2D eigenvalue weighted by molar-refractivity contribution is 0.0452. The number of phenolic OH excluding ortho intramolecular Hbond substituents is 1. The molecule has 1 unspecified atom stereocenters. The van der Waals surface area contributed by atoms with Crippen molar-refractivity contribution in [2.24, 2.45) is 7.05 Å². The van der Waals surface area contributed by atoms with Crippen LogP contribution in [0.1, 0.15) is 50.9 Å². The Balaban J connectivity index is 1.43. The molecule has 1 fully saturated rings. The minimum Gasteiger partial charge on any atom is -0.506 e. The molecule has 1 aliphatic rings. The zero-order valence-electron chi connectivity index (χ0n) is 22.6. The Morgan fingerprint density at radius 2 is 1.95 bits per heavy atom. The van der Waals surface area contributed by atoms with Gasteiger partial charge in [-0.05, 0) is 64.8 Å². The number of piperidine rings is 1. The number of fused-ring (bicyclic) bond motifs is 2. The summed E-state index contributed by atoms with van der Waals surface area (Å²) in [6.45, 7) is 9.27. The van der Waals surface area contributed by atoms with Crippen molar-refractivity contribution in [1.82, 2.24) is 24.3 Å². The van der Waals surface area contributed by atoms with Gasteiger partial charge in [-0.1, -0.05) is 18.2 Å². The van der Waals surface area contributed by atoms with Gasteiger partial charge in [0.25, 0.3) is 5.91 Å². The van der Waals surface area contributed by atoms with Gasteiger partial charge in [0.05, 0.1) is 11.2 Å². The molecule has 3 heterocycles. The highest BCUT2D eigenvalue weighted by Gasteiger charge is 2.28.